The second-order valence-electron chi connectivity index (χ2n) is 2.85. The SMILES string of the molecule is O=C(c1cc(S)cs1)N1CC=CC1. The lowest BCUT2D eigenvalue weighted by Gasteiger charge is -2.13. The van der Waals surface area contributed by atoms with E-state index in [1.54, 1.807) is 4.90 Å². The summed E-state index contributed by atoms with van der Waals surface area (Å²) in [6, 6.07) is 1.81. The van der Waals surface area contributed by atoms with Gasteiger partial charge in [-0.15, -0.1) is 24.0 Å². The van der Waals surface area contributed by atoms with E-state index in [-0.39, 0.29) is 5.91 Å². The Bertz CT molecular complexity index is 348. The molecular weight excluding hydrogens is 202 g/mol. The van der Waals surface area contributed by atoms with E-state index in [0.717, 1.165) is 22.9 Å². The molecular formula is C9H9NOS2. The molecule has 0 atom stereocenters. The molecule has 0 aromatic carbocycles. The van der Waals surface area contributed by atoms with E-state index in [4.69, 9.17) is 0 Å². The fourth-order valence-corrected chi connectivity index (χ4v) is 2.35. The molecule has 0 fully saturated rings. The molecule has 1 aliphatic heterocycles. The highest BCUT2D eigenvalue weighted by molar-refractivity contribution is 7.80. The minimum Gasteiger partial charge on any atom is -0.331 e. The quantitative estimate of drug-likeness (QED) is 0.557. The third-order valence-corrected chi connectivity index (χ3v) is 3.25. The summed E-state index contributed by atoms with van der Waals surface area (Å²) >= 11 is 5.62. The van der Waals surface area contributed by atoms with Crippen molar-refractivity contribution in [1.29, 1.82) is 0 Å². The molecule has 0 spiro atoms. The fourth-order valence-electron chi connectivity index (χ4n) is 1.24. The first-order valence-electron chi connectivity index (χ1n) is 3.99. The van der Waals surface area contributed by atoms with E-state index in [1.165, 1.54) is 11.3 Å². The summed E-state index contributed by atoms with van der Waals surface area (Å²) in [6.45, 7) is 1.47. The molecule has 0 radical (unpaired) electrons. The molecule has 0 bridgehead atoms. The summed E-state index contributed by atoms with van der Waals surface area (Å²) in [5, 5.41) is 1.87. The molecule has 0 saturated heterocycles. The number of thiol groups is 1. The fraction of sp³-hybridized carbons (Fsp3) is 0.222. The zero-order valence-electron chi connectivity index (χ0n) is 6.93. The first-order valence-corrected chi connectivity index (χ1v) is 5.32. The van der Waals surface area contributed by atoms with Gasteiger partial charge in [0, 0.05) is 23.4 Å². The number of rotatable bonds is 1. The van der Waals surface area contributed by atoms with Crippen molar-refractivity contribution in [3.05, 3.63) is 28.5 Å². The first kappa shape index (κ1) is 8.84. The maximum atomic E-state index is 11.7. The van der Waals surface area contributed by atoms with Crippen LogP contribution in [0.3, 0.4) is 0 Å². The number of nitrogens with zero attached hydrogens (tertiary/aromatic N) is 1. The average Bonchev–Trinajstić information content (AvgIpc) is 2.72. The van der Waals surface area contributed by atoms with Gasteiger partial charge in [-0.1, -0.05) is 12.2 Å². The molecule has 2 rings (SSSR count). The van der Waals surface area contributed by atoms with E-state index in [2.05, 4.69) is 12.6 Å². The zero-order valence-corrected chi connectivity index (χ0v) is 8.65. The van der Waals surface area contributed by atoms with Crippen LogP contribution in [-0.4, -0.2) is 23.9 Å². The van der Waals surface area contributed by atoms with Gasteiger partial charge in [0.1, 0.15) is 0 Å². The number of amides is 1. The third-order valence-electron chi connectivity index (χ3n) is 1.90. The van der Waals surface area contributed by atoms with Crippen LogP contribution in [0.5, 0.6) is 0 Å². The average molecular weight is 211 g/mol. The predicted octanol–water partition coefficient (Wildman–Crippen LogP) is 2.05. The van der Waals surface area contributed by atoms with Gasteiger partial charge in [0.15, 0.2) is 0 Å². The maximum absolute atomic E-state index is 11.7. The van der Waals surface area contributed by atoms with E-state index >= 15 is 0 Å². The number of carbonyl (C=O) groups is 1. The molecule has 0 saturated carbocycles. The van der Waals surface area contributed by atoms with Crippen molar-refractivity contribution in [2.45, 2.75) is 4.90 Å². The van der Waals surface area contributed by atoms with Gasteiger partial charge >= 0.3 is 0 Å². The number of hydrogen-bond donors (Lipinski definition) is 1. The largest absolute Gasteiger partial charge is 0.331 e. The highest BCUT2D eigenvalue weighted by Crippen LogP contribution is 2.20. The Balaban J connectivity index is 2.13. The van der Waals surface area contributed by atoms with E-state index in [9.17, 15) is 4.79 Å². The zero-order chi connectivity index (χ0) is 9.26. The van der Waals surface area contributed by atoms with Gasteiger partial charge < -0.3 is 4.90 Å². The molecule has 1 aromatic heterocycles. The maximum Gasteiger partial charge on any atom is 0.264 e. The van der Waals surface area contributed by atoms with Crippen molar-refractivity contribution in [1.82, 2.24) is 4.90 Å². The van der Waals surface area contributed by atoms with Gasteiger partial charge in [-0.2, -0.15) is 0 Å². The van der Waals surface area contributed by atoms with Crippen LogP contribution in [0.25, 0.3) is 0 Å². The van der Waals surface area contributed by atoms with Gasteiger partial charge in [-0.25, -0.2) is 0 Å². The second-order valence-corrected chi connectivity index (χ2v) is 4.28. The molecule has 0 N–H and O–H groups in total. The topological polar surface area (TPSA) is 20.3 Å². The highest BCUT2D eigenvalue weighted by atomic mass is 32.1. The molecule has 2 nitrogen and oxygen atoms in total. The Kier molecular flexibility index (Phi) is 2.42. The summed E-state index contributed by atoms with van der Waals surface area (Å²) in [5.74, 6) is 0.107. The second kappa shape index (κ2) is 3.55. The van der Waals surface area contributed by atoms with Crippen molar-refractivity contribution in [2.24, 2.45) is 0 Å². The van der Waals surface area contributed by atoms with Gasteiger partial charge in [-0.05, 0) is 6.07 Å². The van der Waals surface area contributed by atoms with E-state index < -0.39 is 0 Å². The number of thiophene rings is 1. The predicted molar refractivity (Wildman–Crippen MR) is 56.6 cm³/mol. The Morgan fingerprint density at radius 2 is 2.15 bits per heavy atom. The molecule has 1 amide bonds. The van der Waals surface area contributed by atoms with Crippen LogP contribution in [0.4, 0.5) is 0 Å². The number of carbonyl (C=O) groups excluding carboxylic acids is 1. The normalized spacial score (nSPS) is 15.3. The molecule has 13 heavy (non-hydrogen) atoms. The molecule has 0 unspecified atom stereocenters. The van der Waals surface area contributed by atoms with Crippen molar-refractivity contribution < 1.29 is 4.79 Å². The summed E-state index contributed by atoms with van der Waals surface area (Å²) < 4.78 is 0. The lowest BCUT2D eigenvalue weighted by Crippen LogP contribution is -2.27. The van der Waals surface area contributed by atoms with Gasteiger partial charge in [0.25, 0.3) is 5.91 Å². The molecule has 4 heteroatoms. The van der Waals surface area contributed by atoms with Crippen molar-refractivity contribution in [2.75, 3.05) is 13.1 Å². The third kappa shape index (κ3) is 1.78. The molecule has 1 aromatic rings. The summed E-state index contributed by atoms with van der Waals surface area (Å²) in [5.41, 5.74) is 0. The molecule has 68 valence electrons. The minimum absolute atomic E-state index is 0.107. The summed E-state index contributed by atoms with van der Waals surface area (Å²) in [7, 11) is 0. The monoisotopic (exact) mass is 211 g/mol. The van der Waals surface area contributed by atoms with Crippen molar-refractivity contribution in [3.8, 4) is 0 Å². The minimum atomic E-state index is 0.107. The van der Waals surface area contributed by atoms with Gasteiger partial charge in [0.2, 0.25) is 0 Å². The Morgan fingerprint density at radius 1 is 1.46 bits per heavy atom. The van der Waals surface area contributed by atoms with Crippen molar-refractivity contribution in [3.63, 3.8) is 0 Å². The molecule has 0 aliphatic carbocycles. The summed E-state index contributed by atoms with van der Waals surface area (Å²) in [4.78, 5) is 15.2. The van der Waals surface area contributed by atoms with Crippen LogP contribution in [0.1, 0.15) is 9.67 Å². The van der Waals surface area contributed by atoms with Gasteiger partial charge in [-0.3, -0.25) is 4.79 Å². The first-order chi connectivity index (χ1) is 6.27. The van der Waals surface area contributed by atoms with Crippen LogP contribution in [-0.2, 0) is 0 Å². The van der Waals surface area contributed by atoms with Crippen LogP contribution >= 0.6 is 24.0 Å². The summed E-state index contributed by atoms with van der Waals surface area (Å²) in [6.07, 6.45) is 4.01. The molecule has 1 aliphatic rings. The van der Waals surface area contributed by atoms with Gasteiger partial charge in [0.05, 0.1) is 4.88 Å². The lowest BCUT2D eigenvalue weighted by molar-refractivity contribution is 0.0804. The van der Waals surface area contributed by atoms with E-state index in [0.29, 0.717) is 0 Å². The number of hydrogen-bond acceptors (Lipinski definition) is 3. The van der Waals surface area contributed by atoms with Crippen LogP contribution in [0, 0.1) is 0 Å². The Morgan fingerprint density at radius 3 is 2.69 bits per heavy atom. The van der Waals surface area contributed by atoms with Crippen molar-refractivity contribution >= 4 is 29.9 Å². The Labute approximate surface area is 86.3 Å². The highest BCUT2D eigenvalue weighted by Gasteiger charge is 2.17. The lowest BCUT2D eigenvalue weighted by atomic mass is 10.4. The smallest absolute Gasteiger partial charge is 0.264 e. The standard InChI is InChI=1S/C9H9NOS2/c11-9(10-3-1-2-4-10)8-5-7(12)6-13-8/h1-2,5-6,12H,3-4H2. The van der Waals surface area contributed by atoms with E-state index in [1.807, 2.05) is 23.6 Å². The Hall–Kier alpha value is -0.740. The van der Waals surface area contributed by atoms with Crippen LogP contribution < -0.4 is 0 Å². The molecule has 2 heterocycles. The van der Waals surface area contributed by atoms with Crippen LogP contribution in [0.15, 0.2) is 28.5 Å². The van der Waals surface area contributed by atoms with Crippen LogP contribution in [0.2, 0.25) is 0 Å².